The molecule has 0 aromatic carbocycles. The van der Waals surface area contributed by atoms with Gasteiger partial charge in [-0.05, 0) is 13.3 Å². The van der Waals surface area contributed by atoms with Crippen molar-refractivity contribution in [3.8, 4) is 0 Å². The Kier molecular flexibility index (Phi) is 5.73. The predicted octanol–water partition coefficient (Wildman–Crippen LogP) is -0.439. The van der Waals surface area contributed by atoms with Gasteiger partial charge in [-0.2, -0.15) is 0 Å². The standard InChI is InChI=1S/C11H23N3O2/c1-3-4-13-11(15)7-14-6-10(5-12)16-8-9(14)2/h9-10H,3-8,12H2,1-2H3,(H,13,15). The van der Waals surface area contributed by atoms with Crippen molar-refractivity contribution in [2.24, 2.45) is 5.73 Å². The van der Waals surface area contributed by atoms with Gasteiger partial charge in [-0.1, -0.05) is 6.92 Å². The van der Waals surface area contributed by atoms with Crippen LogP contribution in [0.4, 0.5) is 0 Å². The number of ether oxygens (including phenoxy) is 1. The van der Waals surface area contributed by atoms with Gasteiger partial charge in [0.05, 0.1) is 19.3 Å². The van der Waals surface area contributed by atoms with Crippen molar-refractivity contribution in [3.63, 3.8) is 0 Å². The fraction of sp³-hybridized carbons (Fsp3) is 0.909. The van der Waals surface area contributed by atoms with Crippen LogP contribution in [-0.4, -0.2) is 55.7 Å². The fourth-order valence-corrected chi connectivity index (χ4v) is 1.74. The Hall–Kier alpha value is -0.650. The predicted molar refractivity (Wildman–Crippen MR) is 63.1 cm³/mol. The zero-order valence-electron chi connectivity index (χ0n) is 10.2. The number of hydrogen-bond donors (Lipinski definition) is 2. The van der Waals surface area contributed by atoms with Crippen LogP contribution in [0.2, 0.25) is 0 Å². The van der Waals surface area contributed by atoms with Crippen molar-refractivity contribution in [1.29, 1.82) is 0 Å². The summed E-state index contributed by atoms with van der Waals surface area (Å²) < 4.78 is 5.53. The Morgan fingerprint density at radius 2 is 2.38 bits per heavy atom. The molecule has 2 atom stereocenters. The number of nitrogens with zero attached hydrogens (tertiary/aromatic N) is 1. The van der Waals surface area contributed by atoms with Crippen LogP contribution in [0.3, 0.4) is 0 Å². The summed E-state index contributed by atoms with van der Waals surface area (Å²) in [5.41, 5.74) is 5.57. The van der Waals surface area contributed by atoms with E-state index in [1.54, 1.807) is 0 Å². The van der Waals surface area contributed by atoms with Gasteiger partial charge in [-0.15, -0.1) is 0 Å². The monoisotopic (exact) mass is 229 g/mol. The number of nitrogens with one attached hydrogen (secondary N) is 1. The molecule has 2 unspecified atom stereocenters. The van der Waals surface area contributed by atoms with Crippen LogP contribution in [0.25, 0.3) is 0 Å². The lowest BCUT2D eigenvalue weighted by Crippen LogP contribution is -2.53. The molecular weight excluding hydrogens is 206 g/mol. The third kappa shape index (κ3) is 4.08. The molecule has 0 bridgehead atoms. The van der Waals surface area contributed by atoms with Crippen molar-refractivity contribution < 1.29 is 9.53 Å². The normalized spacial score (nSPS) is 26.7. The van der Waals surface area contributed by atoms with E-state index in [9.17, 15) is 4.79 Å². The van der Waals surface area contributed by atoms with E-state index in [2.05, 4.69) is 17.1 Å². The highest BCUT2D eigenvalue weighted by Gasteiger charge is 2.26. The maximum Gasteiger partial charge on any atom is 0.234 e. The van der Waals surface area contributed by atoms with E-state index >= 15 is 0 Å². The SMILES string of the molecule is CCCNC(=O)CN1CC(CN)OCC1C. The summed E-state index contributed by atoms with van der Waals surface area (Å²) in [6.45, 7) is 7.22. The molecule has 5 nitrogen and oxygen atoms in total. The molecule has 1 fully saturated rings. The number of morpholine rings is 1. The van der Waals surface area contributed by atoms with Gasteiger partial charge in [0.25, 0.3) is 0 Å². The summed E-state index contributed by atoms with van der Waals surface area (Å²) in [7, 11) is 0. The van der Waals surface area contributed by atoms with Gasteiger partial charge in [0.15, 0.2) is 0 Å². The summed E-state index contributed by atoms with van der Waals surface area (Å²) in [6, 6.07) is 0.287. The van der Waals surface area contributed by atoms with Gasteiger partial charge in [0.2, 0.25) is 5.91 Å². The maximum atomic E-state index is 11.6. The summed E-state index contributed by atoms with van der Waals surface area (Å²) in [5.74, 6) is 0.0892. The lowest BCUT2D eigenvalue weighted by atomic mass is 10.2. The summed E-state index contributed by atoms with van der Waals surface area (Å²) in [6.07, 6.45) is 1.03. The highest BCUT2D eigenvalue weighted by Crippen LogP contribution is 2.10. The largest absolute Gasteiger partial charge is 0.374 e. The van der Waals surface area contributed by atoms with E-state index in [4.69, 9.17) is 10.5 Å². The van der Waals surface area contributed by atoms with Crippen LogP contribution < -0.4 is 11.1 Å². The molecule has 1 aliphatic heterocycles. The molecule has 0 aliphatic carbocycles. The van der Waals surface area contributed by atoms with E-state index < -0.39 is 0 Å². The molecule has 1 amide bonds. The molecule has 3 N–H and O–H groups in total. The van der Waals surface area contributed by atoms with Crippen molar-refractivity contribution in [1.82, 2.24) is 10.2 Å². The van der Waals surface area contributed by atoms with Crippen molar-refractivity contribution in [3.05, 3.63) is 0 Å². The second-order valence-corrected chi connectivity index (χ2v) is 4.32. The lowest BCUT2D eigenvalue weighted by Gasteiger charge is -2.37. The van der Waals surface area contributed by atoms with E-state index in [-0.39, 0.29) is 18.1 Å². The molecule has 5 heteroatoms. The second kappa shape index (κ2) is 6.83. The number of carbonyl (C=O) groups excluding carboxylic acids is 1. The highest BCUT2D eigenvalue weighted by molar-refractivity contribution is 5.78. The molecule has 0 aromatic heterocycles. The van der Waals surface area contributed by atoms with Crippen molar-refractivity contribution >= 4 is 5.91 Å². The number of nitrogens with two attached hydrogens (primary N) is 1. The average Bonchev–Trinajstić information content (AvgIpc) is 2.29. The van der Waals surface area contributed by atoms with E-state index in [1.807, 2.05) is 6.92 Å². The second-order valence-electron chi connectivity index (χ2n) is 4.32. The zero-order chi connectivity index (χ0) is 12.0. The van der Waals surface area contributed by atoms with Crippen LogP contribution in [0, 0.1) is 0 Å². The van der Waals surface area contributed by atoms with Crippen LogP contribution in [0.15, 0.2) is 0 Å². The van der Waals surface area contributed by atoms with Crippen molar-refractivity contribution in [2.45, 2.75) is 32.4 Å². The van der Waals surface area contributed by atoms with Gasteiger partial charge < -0.3 is 15.8 Å². The van der Waals surface area contributed by atoms with Crippen LogP contribution >= 0.6 is 0 Å². The van der Waals surface area contributed by atoms with Crippen LogP contribution in [0.5, 0.6) is 0 Å². The number of amides is 1. The Bertz CT molecular complexity index is 223. The van der Waals surface area contributed by atoms with Gasteiger partial charge >= 0.3 is 0 Å². The molecule has 0 radical (unpaired) electrons. The summed E-state index contributed by atoms with van der Waals surface area (Å²) >= 11 is 0. The van der Waals surface area contributed by atoms with E-state index in [0.29, 0.717) is 19.7 Å². The molecule has 1 heterocycles. The fourth-order valence-electron chi connectivity index (χ4n) is 1.74. The molecule has 1 rings (SSSR count). The topological polar surface area (TPSA) is 67.6 Å². The molecule has 1 aliphatic rings. The Morgan fingerprint density at radius 1 is 1.62 bits per heavy atom. The van der Waals surface area contributed by atoms with E-state index in [0.717, 1.165) is 19.5 Å². The van der Waals surface area contributed by atoms with Gasteiger partial charge in [-0.3, -0.25) is 9.69 Å². The molecule has 0 spiro atoms. The van der Waals surface area contributed by atoms with E-state index in [1.165, 1.54) is 0 Å². The van der Waals surface area contributed by atoms with Gasteiger partial charge in [0.1, 0.15) is 0 Å². The quantitative estimate of drug-likeness (QED) is 0.671. The minimum atomic E-state index is 0.0650. The first-order chi connectivity index (χ1) is 7.67. The molecule has 16 heavy (non-hydrogen) atoms. The van der Waals surface area contributed by atoms with Gasteiger partial charge in [0, 0.05) is 25.7 Å². The first-order valence-corrected chi connectivity index (χ1v) is 5.99. The Balaban J connectivity index is 2.35. The lowest BCUT2D eigenvalue weighted by molar-refractivity contribution is -0.126. The van der Waals surface area contributed by atoms with Gasteiger partial charge in [-0.25, -0.2) is 0 Å². The number of carbonyl (C=O) groups is 1. The summed E-state index contributed by atoms with van der Waals surface area (Å²) in [5, 5.41) is 2.88. The minimum Gasteiger partial charge on any atom is -0.374 e. The number of hydrogen-bond acceptors (Lipinski definition) is 4. The smallest absolute Gasteiger partial charge is 0.234 e. The zero-order valence-corrected chi connectivity index (χ0v) is 10.2. The van der Waals surface area contributed by atoms with Crippen LogP contribution in [0.1, 0.15) is 20.3 Å². The van der Waals surface area contributed by atoms with Crippen LogP contribution in [-0.2, 0) is 9.53 Å². The molecule has 94 valence electrons. The first-order valence-electron chi connectivity index (χ1n) is 5.99. The number of rotatable bonds is 5. The average molecular weight is 229 g/mol. The molecule has 0 saturated carbocycles. The third-order valence-electron chi connectivity index (χ3n) is 2.82. The Labute approximate surface area is 97.3 Å². The highest BCUT2D eigenvalue weighted by atomic mass is 16.5. The third-order valence-corrected chi connectivity index (χ3v) is 2.82. The maximum absolute atomic E-state index is 11.6. The minimum absolute atomic E-state index is 0.0650. The Morgan fingerprint density at radius 3 is 3.00 bits per heavy atom. The molecule has 0 aromatic rings. The molecular formula is C11H23N3O2. The van der Waals surface area contributed by atoms with Crippen molar-refractivity contribution in [2.75, 3.05) is 32.8 Å². The first kappa shape index (κ1) is 13.4. The summed E-state index contributed by atoms with van der Waals surface area (Å²) in [4.78, 5) is 13.7. The molecule has 1 saturated heterocycles.